The third-order valence-corrected chi connectivity index (χ3v) is 4.45. The molecule has 0 spiro atoms. The fraction of sp³-hybridized carbons (Fsp3) is 0.471. The first-order valence-corrected chi connectivity index (χ1v) is 8.86. The number of rotatable bonds is 10. The normalized spacial score (nSPS) is 15.8. The Morgan fingerprint density at radius 2 is 1.96 bits per heavy atom. The second-order valence-corrected chi connectivity index (χ2v) is 7.29. The largest absolute Gasteiger partial charge is 0.372 e. The smallest absolute Gasteiger partial charge is 0.250 e. The molecule has 0 aliphatic heterocycles. The van der Waals surface area contributed by atoms with Crippen molar-refractivity contribution in [2.24, 2.45) is 17.4 Å². The van der Waals surface area contributed by atoms with Gasteiger partial charge in [-0.2, -0.15) is 12.6 Å². The quantitative estimate of drug-likeness (QED) is 0.210. The van der Waals surface area contributed by atoms with Crippen molar-refractivity contribution < 1.29 is 14.0 Å². The maximum absolute atomic E-state index is 14.4. The predicted octanol–water partition coefficient (Wildman–Crippen LogP) is 2.09. The maximum atomic E-state index is 14.4. The average molecular weight is 381 g/mol. The Hall–Kier alpha value is -2.29. The van der Waals surface area contributed by atoms with Crippen LogP contribution < -0.4 is 22.1 Å². The molecule has 2 amide bonds. The number of anilines is 2. The molecule has 0 saturated heterocycles. The van der Waals surface area contributed by atoms with Gasteiger partial charge < -0.3 is 27.5 Å². The van der Waals surface area contributed by atoms with Crippen LogP contribution in [0.15, 0.2) is 12.1 Å². The molecular formula is C17H24FN5O2S. The van der Waals surface area contributed by atoms with Crippen LogP contribution in [0.2, 0.25) is 0 Å². The summed E-state index contributed by atoms with van der Waals surface area (Å²) >= 11 is 4.32. The second kappa shape index (κ2) is 8.39. The summed E-state index contributed by atoms with van der Waals surface area (Å²) in [6.45, 7) is 1.63. The van der Waals surface area contributed by atoms with E-state index in [1.165, 1.54) is 6.07 Å². The minimum Gasteiger partial charge on any atom is -0.372 e. The molecule has 0 radical (unpaired) electrons. The van der Waals surface area contributed by atoms with Crippen molar-refractivity contribution in [3.63, 3.8) is 0 Å². The van der Waals surface area contributed by atoms with E-state index in [1.807, 2.05) is 0 Å². The Morgan fingerprint density at radius 1 is 1.31 bits per heavy atom. The third kappa shape index (κ3) is 5.62. The lowest BCUT2D eigenvalue weighted by atomic mass is 10.1. The SMILES string of the molecule is CC(=N)CC(S)Nc1cc(NC(CC2CC2)C(N)=O)c(F)cc1C(N)=O. The molecule has 0 heterocycles. The van der Waals surface area contributed by atoms with Crippen molar-refractivity contribution in [2.45, 2.75) is 44.0 Å². The fourth-order valence-electron chi connectivity index (χ4n) is 2.65. The number of primary amides is 2. The van der Waals surface area contributed by atoms with E-state index >= 15 is 0 Å². The van der Waals surface area contributed by atoms with E-state index in [9.17, 15) is 14.0 Å². The van der Waals surface area contributed by atoms with Crippen molar-refractivity contribution in [1.82, 2.24) is 0 Å². The topological polar surface area (TPSA) is 134 Å². The molecule has 26 heavy (non-hydrogen) atoms. The Labute approximate surface area is 157 Å². The number of nitrogens with one attached hydrogen (secondary N) is 3. The highest BCUT2D eigenvalue weighted by molar-refractivity contribution is 7.81. The van der Waals surface area contributed by atoms with Gasteiger partial charge in [-0.25, -0.2) is 4.39 Å². The van der Waals surface area contributed by atoms with E-state index in [-0.39, 0.29) is 16.9 Å². The van der Waals surface area contributed by atoms with Crippen molar-refractivity contribution in [1.29, 1.82) is 5.41 Å². The summed E-state index contributed by atoms with van der Waals surface area (Å²) in [5, 5.41) is 12.8. The van der Waals surface area contributed by atoms with Crippen LogP contribution in [0.3, 0.4) is 0 Å². The summed E-state index contributed by atoms with van der Waals surface area (Å²) in [5.41, 5.74) is 11.4. The van der Waals surface area contributed by atoms with Crippen LogP contribution in [0.5, 0.6) is 0 Å². The number of nitrogens with two attached hydrogens (primary N) is 2. The van der Waals surface area contributed by atoms with Crippen LogP contribution in [0.25, 0.3) is 0 Å². The maximum Gasteiger partial charge on any atom is 0.250 e. The van der Waals surface area contributed by atoms with E-state index in [0.717, 1.165) is 18.9 Å². The van der Waals surface area contributed by atoms with Gasteiger partial charge in [0.05, 0.1) is 22.3 Å². The molecule has 2 rings (SSSR count). The van der Waals surface area contributed by atoms with Crippen molar-refractivity contribution in [2.75, 3.05) is 10.6 Å². The molecule has 1 aliphatic carbocycles. The van der Waals surface area contributed by atoms with Crippen LogP contribution in [-0.2, 0) is 4.79 Å². The molecule has 142 valence electrons. The number of hydrogen-bond acceptors (Lipinski definition) is 6. The summed E-state index contributed by atoms with van der Waals surface area (Å²) < 4.78 is 14.4. The van der Waals surface area contributed by atoms with Crippen LogP contribution in [0.4, 0.5) is 15.8 Å². The highest BCUT2D eigenvalue weighted by atomic mass is 32.1. The zero-order valence-corrected chi connectivity index (χ0v) is 15.4. The fourth-order valence-corrected chi connectivity index (χ4v) is 3.06. The highest BCUT2D eigenvalue weighted by Gasteiger charge is 2.29. The Morgan fingerprint density at radius 3 is 2.46 bits per heavy atom. The molecule has 1 aliphatic rings. The molecule has 7 nitrogen and oxygen atoms in total. The standard InChI is InChI=1S/C17H24FN5O2S/c1-8(19)4-15(26)23-12-7-13(11(18)6-10(12)16(20)24)22-14(17(21)25)5-9-2-3-9/h6-7,9,14-15,19,22-23,26H,2-5H2,1H3,(H2,20,24)(H2,21,25). The molecule has 2 atom stereocenters. The van der Waals surface area contributed by atoms with Crippen LogP contribution in [0, 0.1) is 17.1 Å². The first-order chi connectivity index (χ1) is 12.2. The zero-order valence-electron chi connectivity index (χ0n) is 14.5. The molecule has 2 unspecified atom stereocenters. The highest BCUT2D eigenvalue weighted by Crippen LogP contribution is 2.35. The second-order valence-electron chi connectivity index (χ2n) is 6.66. The summed E-state index contributed by atoms with van der Waals surface area (Å²) in [4.78, 5) is 23.3. The lowest BCUT2D eigenvalue weighted by Gasteiger charge is -2.21. The van der Waals surface area contributed by atoms with E-state index < -0.39 is 29.0 Å². The van der Waals surface area contributed by atoms with E-state index in [1.54, 1.807) is 6.92 Å². The minimum absolute atomic E-state index is 0.0347. The van der Waals surface area contributed by atoms with Gasteiger partial charge in [-0.3, -0.25) is 9.59 Å². The number of benzene rings is 1. The monoisotopic (exact) mass is 381 g/mol. The Bertz CT molecular complexity index is 723. The molecule has 1 aromatic rings. The molecule has 1 saturated carbocycles. The number of carbonyl (C=O) groups excluding carboxylic acids is 2. The molecule has 0 aromatic heterocycles. The van der Waals surface area contributed by atoms with Gasteiger partial charge in [0, 0.05) is 12.1 Å². The third-order valence-electron chi connectivity index (χ3n) is 4.13. The number of halogens is 1. The number of amides is 2. The number of hydrogen-bond donors (Lipinski definition) is 6. The first-order valence-electron chi connectivity index (χ1n) is 8.35. The lowest BCUT2D eigenvalue weighted by Crippen LogP contribution is -2.36. The summed E-state index contributed by atoms with van der Waals surface area (Å²) in [6, 6.07) is 1.70. The minimum atomic E-state index is -0.797. The van der Waals surface area contributed by atoms with Gasteiger partial charge in [0.15, 0.2) is 0 Å². The van der Waals surface area contributed by atoms with Crippen LogP contribution in [-0.4, -0.2) is 28.9 Å². The molecule has 1 fully saturated rings. The molecule has 0 bridgehead atoms. The summed E-state index contributed by atoms with van der Waals surface area (Å²) in [6.07, 6.45) is 2.93. The predicted molar refractivity (Wildman–Crippen MR) is 103 cm³/mol. The van der Waals surface area contributed by atoms with E-state index in [4.69, 9.17) is 16.9 Å². The molecule has 1 aromatic carbocycles. The van der Waals surface area contributed by atoms with E-state index in [0.29, 0.717) is 24.5 Å². The molecular weight excluding hydrogens is 357 g/mol. The van der Waals surface area contributed by atoms with Gasteiger partial charge in [0.1, 0.15) is 11.9 Å². The Kier molecular flexibility index (Phi) is 6.47. The van der Waals surface area contributed by atoms with Crippen molar-refractivity contribution in [3.8, 4) is 0 Å². The van der Waals surface area contributed by atoms with Gasteiger partial charge >= 0.3 is 0 Å². The van der Waals surface area contributed by atoms with Gasteiger partial charge in [-0.05, 0) is 31.4 Å². The number of thiol groups is 1. The molecule has 7 N–H and O–H groups in total. The van der Waals surface area contributed by atoms with Crippen molar-refractivity contribution in [3.05, 3.63) is 23.5 Å². The van der Waals surface area contributed by atoms with E-state index in [2.05, 4.69) is 23.3 Å². The van der Waals surface area contributed by atoms with Crippen LogP contribution >= 0.6 is 12.6 Å². The average Bonchev–Trinajstić information content (AvgIpc) is 3.32. The summed E-state index contributed by atoms with van der Waals surface area (Å²) in [5.74, 6) is -1.64. The zero-order chi connectivity index (χ0) is 19.4. The van der Waals surface area contributed by atoms with Gasteiger partial charge in [-0.1, -0.05) is 12.8 Å². The van der Waals surface area contributed by atoms with Gasteiger partial charge in [0.25, 0.3) is 5.91 Å². The lowest BCUT2D eigenvalue weighted by molar-refractivity contribution is -0.118. The summed E-state index contributed by atoms with van der Waals surface area (Å²) in [7, 11) is 0. The van der Waals surface area contributed by atoms with Gasteiger partial charge in [-0.15, -0.1) is 0 Å². The molecule has 9 heteroatoms. The number of carbonyl (C=O) groups is 2. The first kappa shape index (κ1) is 20.0. The Balaban J connectivity index is 2.27. The van der Waals surface area contributed by atoms with Crippen LogP contribution in [0.1, 0.15) is 43.0 Å². The van der Waals surface area contributed by atoms with Gasteiger partial charge in [0.2, 0.25) is 5.91 Å². The van der Waals surface area contributed by atoms with Crippen molar-refractivity contribution >= 4 is 41.5 Å².